The Morgan fingerprint density at radius 3 is 2.71 bits per heavy atom. The van der Waals surface area contributed by atoms with E-state index in [-0.39, 0.29) is 30.8 Å². The van der Waals surface area contributed by atoms with Crippen LogP contribution in [0.4, 0.5) is 5.82 Å². The molecule has 0 aromatic carbocycles. The van der Waals surface area contributed by atoms with Crippen molar-refractivity contribution in [2.45, 2.75) is 64.0 Å². The van der Waals surface area contributed by atoms with Gasteiger partial charge >= 0.3 is 0 Å². The van der Waals surface area contributed by atoms with E-state index in [4.69, 9.17) is 42.7 Å². The number of nitrogens with zero attached hydrogens (tertiary/aromatic N) is 4. The van der Waals surface area contributed by atoms with E-state index < -0.39 is 31.0 Å². The highest BCUT2D eigenvalue weighted by molar-refractivity contribution is 8.09. The number of nitrogen functional groups attached to an aromatic ring is 1. The summed E-state index contributed by atoms with van der Waals surface area (Å²) in [6, 6.07) is 0. The summed E-state index contributed by atoms with van der Waals surface area (Å²) in [6.07, 6.45) is 5.39. The molecule has 1 aliphatic heterocycles. The Hall–Kier alpha value is -1.64. The second-order valence-corrected chi connectivity index (χ2v) is 11.6. The van der Waals surface area contributed by atoms with Gasteiger partial charge in [-0.25, -0.2) is 15.0 Å². The first kappa shape index (κ1) is 24.0. The maximum atomic E-state index is 13.0. The zero-order chi connectivity index (χ0) is 22.8. The third kappa shape index (κ3) is 5.23. The predicted octanol–water partition coefficient (Wildman–Crippen LogP) is 1.21. The van der Waals surface area contributed by atoms with Crippen molar-refractivity contribution in [1.82, 2.24) is 19.5 Å². The predicted molar refractivity (Wildman–Crippen MR) is 118 cm³/mol. The first-order valence-electron chi connectivity index (χ1n) is 9.90. The number of imidazole rings is 1. The van der Waals surface area contributed by atoms with Gasteiger partial charge in [-0.15, -0.1) is 6.42 Å². The highest BCUT2D eigenvalue weighted by atomic mass is 32.5. The molecule has 1 saturated heterocycles. The van der Waals surface area contributed by atoms with Gasteiger partial charge in [-0.2, -0.15) is 0 Å². The van der Waals surface area contributed by atoms with E-state index in [1.807, 2.05) is 13.8 Å². The molecule has 0 amide bonds. The lowest BCUT2D eigenvalue weighted by molar-refractivity contribution is -0.193. The Labute approximate surface area is 186 Å². The van der Waals surface area contributed by atoms with Crippen molar-refractivity contribution in [3.05, 3.63) is 12.7 Å². The second-order valence-electron chi connectivity index (χ2n) is 7.71. The molecule has 0 saturated carbocycles. The summed E-state index contributed by atoms with van der Waals surface area (Å²) < 4.78 is 25.6. The molecule has 170 valence electrons. The largest absolute Gasteiger partial charge is 0.800 e. The molecular weight excluding hydrogens is 441 g/mol. The van der Waals surface area contributed by atoms with Gasteiger partial charge in [0, 0.05) is 0 Å². The fraction of sp³-hybridized carbons (Fsp3) is 0.632. The van der Waals surface area contributed by atoms with Crippen LogP contribution >= 0.6 is 6.49 Å². The van der Waals surface area contributed by atoms with Crippen molar-refractivity contribution < 1.29 is 23.6 Å². The molecule has 0 spiro atoms. The summed E-state index contributed by atoms with van der Waals surface area (Å²) in [7, 11) is 0. The molecule has 0 bridgehead atoms. The number of hydrogen-bond acceptors (Lipinski definition) is 10. The number of terminal acetylenes is 1. The minimum absolute atomic E-state index is 0.00466. The Balaban J connectivity index is 2.01. The summed E-state index contributed by atoms with van der Waals surface area (Å²) in [5.41, 5.74) is 6.44. The van der Waals surface area contributed by atoms with Gasteiger partial charge in [0.1, 0.15) is 36.8 Å². The van der Waals surface area contributed by atoms with Gasteiger partial charge in [-0.3, -0.25) is 4.57 Å². The first-order valence-corrected chi connectivity index (χ1v) is 12.6. The first-order chi connectivity index (χ1) is 14.7. The summed E-state index contributed by atoms with van der Waals surface area (Å²) in [5.74, 6) is 2.69. The van der Waals surface area contributed by atoms with E-state index >= 15 is 0 Å². The zero-order valence-corrected chi connectivity index (χ0v) is 19.6. The van der Waals surface area contributed by atoms with Crippen molar-refractivity contribution >= 4 is 35.3 Å². The Morgan fingerprint density at radius 1 is 1.32 bits per heavy atom. The molecule has 3 heterocycles. The minimum atomic E-state index is -3.38. The third-order valence-corrected chi connectivity index (χ3v) is 8.13. The Morgan fingerprint density at radius 2 is 2.06 bits per heavy atom. The number of rotatable bonds is 9. The number of fused-ring (bicyclic) bond motifs is 1. The maximum Gasteiger partial charge on any atom is 0.167 e. The number of nitrogens with two attached hydrogens (primary N) is 1. The smallest absolute Gasteiger partial charge is 0.167 e. The third-order valence-electron chi connectivity index (χ3n) is 4.80. The average Bonchev–Trinajstić information content (AvgIpc) is 3.26. The highest BCUT2D eigenvalue weighted by Gasteiger charge is 2.49. The topological polar surface area (TPSA) is 130 Å². The van der Waals surface area contributed by atoms with Crippen molar-refractivity contribution in [2.24, 2.45) is 0 Å². The summed E-state index contributed by atoms with van der Waals surface area (Å²) in [6.45, 7) is 4.12. The van der Waals surface area contributed by atoms with Crippen LogP contribution < -0.4 is 10.6 Å². The molecule has 5 atom stereocenters. The molecule has 12 heteroatoms. The average molecular weight is 468 g/mol. The normalized spacial score (nSPS) is 25.9. The Kier molecular flexibility index (Phi) is 7.65. The van der Waals surface area contributed by atoms with Crippen molar-refractivity contribution in [2.75, 3.05) is 18.9 Å². The molecule has 2 unspecified atom stereocenters. The van der Waals surface area contributed by atoms with E-state index in [1.54, 1.807) is 18.4 Å². The maximum absolute atomic E-state index is 13.0. The van der Waals surface area contributed by atoms with Crippen molar-refractivity contribution in [1.29, 1.82) is 0 Å². The second kappa shape index (κ2) is 9.88. The lowest BCUT2D eigenvalue weighted by Gasteiger charge is -2.37. The zero-order valence-electron chi connectivity index (χ0n) is 17.9. The molecule has 0 aliphatic carbocycles. The van der Waals surface area contributed by atoms with Gasteiger partial charge in [-0.1, -0.05) is 31.6 Å². The van der Waals surface area contributed by atoms with E-state index in [0.717, 1.165) is 0 Å². The van der Waals surface area contributed by atoms with Crippen molar-refractivity contribution in [3.8, 4) is 12.3 Å². The fourth-order valence-electron chi connectivity index (χ4n) is 3.15. The Bertz CT molecular complexity index is 994. The van der Waals surface area contributed by atoms with Crippen LogP contribution in [-0.2, 0) is 30.5 Å². The van der Waals surface area contributed by atoms with Gasteiger partial charge in [0.15, 0.2) is 17.7 Å². The van der Waals surface area contributed by atoms with Crippen LogP contribution in [-0.4, -0.2) is 62.8 Å². The number of hydrogen-bond donors (Lipinski definition) is 1. The molecule has 10 nitrogen and oxygen atoms in total. The molecule has 3 rings (SSSR count). The van der Waals surface area contributed by atoms with E-state index in [2.05, 4.69) is 20.9 Å². The van der Waals surface area contributed by atoms with E-state index in [0.29, 0.717) is 11.2 Å². The number of aromatic nitrogens is 4. The van der Waals surface area contributed by atoms with Gasteiger partial charge in [0.05, 0.1) is 19.0 Å². The van der Waals surface area contributed by atoms with Crippen LogP contribution in [0.3, 0.4) is 0 Å². The van der Waals surface area contributed by atoms with Gasteiger partial charge in [-0.05, 0) is 26.0 Å². The number of anilines is 1. The monoisotopic (exact) mass is 468 g/mol. The molecule has 0 radical (unpaired) electrons. The van der Waals surface area contributed by atoms with E-state index in [1.165, 1.54) is 12.7 Å². The molecule has 2 aromatic rings. The van der Waals surface area contributed by atoms with Crippen molar-refractivity contribution in [3.63, 3.8) is 0 Å². The SMILES string of the molecule is C#CCOC1[C@@H](OP([O-])(=S)C(C)C)[C@@H](COC(C)C)O[C@H]1n1cnc2c(N)ncnc21. The molecule has 2 N–H and O–H groups in total. The van der Waals surface area contributed by atoms with Crippen LogP contribution in [0.25, 0.3) is 11.2 Å². The molecule has 1 aliphatic rings. The van der Waals surface area contributed by atoms with E-state index in [9.17, 15) is 4.89 Å². The molecule has 1 fully saturated rings. The van der Waals surface area contributed by atoms with Crippen LogP contribution in [0.15, 0.2) is 12.7 Å². The molecule has 2 aromatic heterocycles. The van der Waals surface area contributed by atoms with Crippen LogP contribution in [0, 0.1) is 12.3 Å². The van der Waals surface area contributed by atoms with Crippen LogP contribution in [0.1, 0.15) is 33.9 Å². The molecule has 31 heavy (non-hydrogen) atoms. The standard InChI is InChI=1S/C19H28N5O5PS/c1-6-7-26-16-15(29-30(25,31)12(4)5)13(8-27-11(2)3)28-19(16)24-10-23-14-17(20)21-9-22-18(14)24/h1,9-13,15-16,19H,7-8H2,2-5H3,(H,25,31)(H2,20,21,22)/p-1/t13-,15+,16?,19-,30?/m1/s1. The lowest BCUT2D eigenvalue weighted by Crippen LogP contribution is -2.40. The van der Waals surface area contributed by atoms with Gasteiger partial charge < -0.3 is 29.4 Å². The van der Waals surface area contributed by atoms with Crippen LogP contribution in [0.2, 0.25) is 0 Å². The quantitative estimate of drug-likeness (QED) is 0.423. The summed E-state index contributed by atoms with van der Waals surface area (Å²) in [4.78, 5) is 25.5. The lowest BCUT2D eigenvalue weighted by atomic mass is 10.1. The number of ether oxygens (including phenoxy) is 3. The minimum Gasteiger partial charge on any atom is -0.800 e. The van der Waals surface area contributed by atoms with Crippen LogP contribution in [0.5, 0.6) is 0 Å². The molecular formula is C19H27N5O5PS-. The van der Waals surface area contributed by atoms with Gasteiger partial charge in [0.25, 0.3) is 0 Å². The summed E-state index contributed by atoms with van der Waals surface area (Å²) in [5, 5.41) is 0. The fourth-order valence-corrected chi connectivity index (χ4v) is 4.29. The highest BCUT2D eigenvalue weighted by Crippen LogP contribution is 2.49. The summed E-state index contributed by atoms with van der Waals surface area (Å²) >= 11 is 5.28. The van der Waals surface area contributed by atoms with Gasteiger partial charge in [0.2, 0.25) is 0 Å².